The van der Waals surface area contributed by atoms with Crippen LogP contribution >= 0.6 is 0 Å². The van der Waals surface area contributed by atoms with Crippen molar-refractivity contribution in [3.63, 3.8) is 0 Å². The van der Waals surface area contributed by atoms with Gasteiger partial charge < -0.3 is 14.2 Å². The number of carbonyl (C=O) groups excluding carboxylic acids is 1. The minimum absolute atomic E-state index is 0.0388. The maximum Gasteiger partial charge on any atom is 0.338 e. The summed E-state index contributed by atoms with van der Waals surface area (Å²) in [7, 11) is 0. The van der Waals surface area contributed by atoms with Crippen LogP contribution in [-0.2, 0) is 9.47 Å². The highest BCUT2D eigenvalue weighted by atomic mass is 16.6. The van der Waals surface area contributed by atoms with Gasteiger partial charge in [0.1, 0.15) is 18.5 Å². The first-order valence-electron chi connectivity index (χ1n) is 8.83. The topological polar surface area (TPSA) is 87.9 Å². The molecule has 1 fully saturated rings. The molecule has 142 valence electrons. The van der Waals surface area contributed by atoms with Gasteiger partial charge in [-0.2, -0.15) is 0 Å². The van der Waals surface area contributed by atoms with Crippen molar-refractivity contribution in [3.05, 3.63) is 69.8 Å². The molecular weight excluding hydrogens is 350 g/mol. The fourth-order valence-corrected chi connectivity index (χ4v) is 2.84. The first-order valence-corrected chi connectivity index (χ1v) is 8.83. The van der Waals surface area contributed by atoms with Crippen LogP contribution in [0.25, 0.3) is 0 Å². The molecule has 0 amide bonds. The molecule has 0 unspecified atom stereocenters. The Morgan fingerprint density at radius 3 is 2.74 bits per heavy atom. The zero-order valence-corrected chi connectivity index (χ0v) is 15.0. The lowest BCUT2D eigenvalue weighted by Gasteiger charge is -2.14. The highest BCUT2D eigenvalue weighted by Gasteiger charge is 2.18. The standard InChI is InChI=1S/C20H21NO6/c1-14(16-4-2-5-17(12-16)21(23)24)27-20(22)15-7-9-18(10-8-15)26-13-19-6-3-11-25-19/h2,4-5,7-10,12,14,19H,3,6,11,13H2,1H3/t14-,19-/m0/s1. The number of nitro benzene ring substituents is 1. The first kappa shape index (κ1) is 18.8. The van der Waals surface area contributed by atoms with Gasteiger partial charge in [0.15, 0.2) is 0 Å². The van der Waals surface area contributed by atoms with Crippen LogP contribution in [0, 0.1) is 10.1 Å². The molecule has 1 heterocycles. The maximum absolute atomic E-state index is 12.3. The van der Waals surface area contributed by atoms with Crippen molar-refractivity contribution in [1.82, 2.24) is 0 Å². The van der Waals surface area contributed by atoms with E-state index in [1.807, 2.05) is 0 Å². The van der Waals surface area contributed by atoms with Crippen LogP contribution in [0.1, 0.15) is 41.8 Å². The third-order valence-corrected chi connectivity index (χ3v) is 4.38. The summed E-state index contributed by atoms with van der Waals surface area (Å²) in [4.78, 5) is 22.7. The van der Waals surface area contributed by atoms with E-state index in [9.17, 15) is 14.9 Å². The van der Waals surface area contributed by atoms with E-state index in [0.717, 1.165) is 19.4 Å². The van der Waals surface area contributed by atoms with Crippen LogP contribution in [0.2, 0.25) is 0 Å². The Balaban J connectivity index is 1.57. The Hall–Kier alpha value is -2.93. The number of nitrogens with zero attached hydrogens (tertiary/aromatic N) is 1. The second-order valence-corrected chi connectivity index (χ2v) is 6.37. The summed E-state index contributed by atoms with van der Waals surface area (Å²) in [6.07, 6.45) is 1.58. The summed E-state index contributed by atoms with van der Waals surface area (Å²) in [5.41, 5.74) is 0.911. The van der Waals surface area contributed by atoms with Gasteiger partial charge in [-0.3, -0.25) is 10.1 Å². The van der Waals surface area contributed by atoms with Crippen LogP contribution in [0.5, 0.6) is 5.75 Å². The molecule has 7 nitrogen and oxygen atoms in total. The van der Waals surface area contributed by atoms with Gasteiger partial charge in [0.2, 0.25) is 0 Å². The number of carbonyl (C=O) groups is 1. The van der Waals surface area contributed by atoms with E-state index >= 15 is 0 Å². The van der Waals surface area contributed by atoms with Gasteiger partial charge in [-0.1, -0.05) is 12.1 Å². The zero-order chi connectivity index (χ0) is 19.2. The Morgan fingerprint density at radius 1 is 1.30 bits per heavy atom. The molecule has 0 N–H and O–H groups in total. The molecule has 0 spiro atoms. The summed E-state index contributed by atoms with van der Waals surface area (Å²) in [5.74, 6) is 0.161. The van der Waals surface area contributed by atoms with E-state index in [1.54, 1.807) is 43.3 Å². The lowest BCUT2D eigenvalue weighted by Crippen LogP contribution is -2.16. The lowest BCUT2D eigenvalue weighted by molar-refractivity contribution is -0.385. The Labute approximate surface area is 157 Å². The van der Waals surface area contributed by atoms with Gasteiger partial charge in [-0.05, 0) is 49.6 Å². The van der Waals surface area contributed by atoms with E-state index in [4.69, 9.17) is 14.2 Å². The number of benzene rings is 2. The van der Waals surface area contributed by atoms with E-state index in [0.29, 0.717) is 23.5 Å². The molecule has 0 saturated carbocycles. The molecule has 7 heteroatoms. The SMILES string of the molecule is C[C@H](OC(=O)c1ccc(OC[C@@H]2CCCO2)cc1)c1cccc([N+](=O)[O-])c1. The monoisotopic (exact) mass is 371 g/mol. The summed E-state index contributed by atoms with van der Waals surface area (Å²) < 4.78 is 16.6. The molecule has 1 aliphatic heterocycles. The molecule has 1 aliphatic rings. The van der Waals surface area contributed by atoms with Gasteiger partial charge in [-0.25, -0.2) is 4.79 Å². The van der Waals surface area contributed by atoms with Gasteiger partial charge in [0, 0.05) is 18.7 Å². The summed E-state index contributed by atoms with van der Waals surface area (Å²) >= 11 is 0. The van der Waals surface area contributed by atoms with Crippen LogP contribution in [0.4, 0.5) is 5.69 Å². The van der Waals surface area contributed by atoms with Gasteiger partial charge in [0.05, 0.1) is 16.6 Å². The van der Waals surface area contributed by atoms with Crippen LogP contribution in [0.15, 0.2) is 48.5 Å². The third kappa shape index (κ3) is 5.04. The minimum Gasteiger partial charge on any atom is -0.491 e. The fraction of sp³-hybridized carbons (Fsp3) is 0.350. The highest BCUT2D eigenvalue weighted by Crippen LogP contribution is 2.23. The normalized spacial score (nSPS) is 17.3. The molecule has 1 saturated heterocycles. The fourth-order valence-electron chi connectivity index (χ4n) is 2.84. The Bertz CT molecular complexity index is 798. The maximum atomic E-state index is 12.3. The van der Waals surface area contributed by atoms with Crippen molar-refractivity contribution >= 4 is 11.7 Å². The number of non-ortho nitro benzene ring substituents is 1. The van der Waals surface area contributed by atoms with Crippen molar-refractivity contribution in [2.45, 2.75) is 32.0 Å². The van der Waals surface area contributed by atoms with Crippen molar-refractivity contribution in [1.29, 1.82) is 0 Å². The quantitative estimate of drug-likeness (QED) is 0.414. The van der Waals surface area contributed by atoms with Crippen LogP contribution in [-0.4, -0.2) is 30.2 Å². The van der Waals surface area contributed by atoms with Gasteiger partial charge in [-0.15, -0.1) is 0 Å². The molecule has 0 aliphatic carbocycles. The van der Waals surface area contributed by atoms with Crippen LogP contribution < -0.4 is 4.74 Å². The minimum atomic E-state index is -0.604. The molecule has 0 aromatic heterocycles. The Kier molecular flexibility index (Phi) is 6.03. The van der Waals surface area contributed by atoms with E-state index in [1.165, 1.54) is 12.1 Å². The molecular formula is C20H21NO6. The number of rotatable bonds is 7. The number of esters is 1. The second-order valence-electron chi connectivity index (χ2n) is 6.37. The summed E-state index contributed by atoms with van der Waals surface area (Å²) in [6.45, 7) is 2.95. The van der Waals surface area contributed by atoms with E-state index in [-0.39, 0.29) is 11.8 Å². The average molecular weight is 371 g/mol. The predicted molar refractivity (Wildman–Crippen MR) is 97.8 cm³/mol. The number of hydrogen-bond donors (Lipinski definition) is 0. The number of hydrogen-bond acceptors (Lipinski definition) is 6. The molecule has 3 rings (SSSR count). The zero-order valence-electron chi connectivity index (χ0n) is 15.0. The average Bonchev–Trinajstić information content (AvgIpc) is 3.20. The smallest absolute Gasteiger partial charge is 0.338 e. The predicted octanol–water partition coefficient (Wildman–Crippen LogP) is 4.07. The molecule has 2 aromatic rings. The molecule has 2 atom stereocenters. The van der Waals surface area contributed by atoms with Crippen LogP contribution in [0.3, 0.4) is 0 Å². The lowest BCUT2D eigenvalue weighted by atomic mass is 10.1. The number of nitro groups is 1. The van der Waals surface area contributed by atoms with Gasteiger partial charge in [0.25, 0.3) is 5.69 Å². The highest BCUT2D eigenvalue weighted by molar-refractivity contribution is 5.89. The van der Waals surface area contributed by atoms with E-state index in [2.05, 4.69) is 0 Å². The van der Waals surface area contributed by atoms with Crippen molar-refractivity contribution < 1.29 is 23.9 Å². The Morgan fingerprint density at radius 2 is 2.07 bits per heavy atom. The molecule has 27 heavy (non-hydrogen) atoms. The molecule has 0 bridgehead atoms. The molecule has 0 radical (unpaired) electrons. The van der Waals surface area contributed by atoms with Crippen molar-refractivity contribution in [2.75, 3.05) is 13.2 Å². The third-order valence-electron chi connectivity index (χ3n) is 4.38. The second kappa shape index (κ2) is 8.64. The first-order chi connectivity index (χ1) is 13.0. The van der Waals surface area contributed by atoms with Gasteiger partial charge >= 0.3 is 5.97 Å². The summed E-state index contributed by atoms with van der Waals surface area (Å²) in [6, 6.07) is 12.7. The number of ether oxygens (including phenoxy) is 3. The van der Waals surface area contributed by atoms with Crippen molar-refractivity contribution in [3.8, 4) is 5.75 Å². The largest absolute Gasteiger partial charge is 0.491 e. The van der Waals surface area contributed by atoms with Crippen molar-refractivity contribution in [2.24, 2.45) is 0 Å². The summed E-state index contributed by atoms with van der Waals surface area (Å²) in [5, 5.41) is 10.9. The van der Waals surface area contributed by atoms with E-state index < -0.39 is 17.0 Å². The molecule has 2 aromatic carbocycles.